The first kappa shape index (κ1) is 16.5. The van der Waals surface area contributed by atoms with Crippen molar-refractivity contribution in [3.05, 3.63) is 29.8 Å². The predicted molar refractivity (Wildman–Crippen MR) is 80.5 cm³/mol. The first-order valence-corrected chi connectivity index (χ1v) is 6.50. The normalized spacial score (nSPS) is 21.1. The van der Waals surface area contributed by atoms with Gasteiger partial charge in [0, 0.05) is 11.7 Å². The van der Waals surface area contributed by atoms with E-state index in [0.29, 0.717) is 0 Å². The second-order valence-electron chi connectivity index (χ2n) is 5.03. The van der Waals surface area contributed by atoms with Crippen molar-refractivity contribution in [2.24, 2.45) is 17.4 Å². The molecule has 2 rings (SSSR count). The van der Waals surface area contributed by atoms with Crippen molar-refractivity contribution >= 4 is 29.9 Å². The van der Waals surface area contributed by atoms with Crippen LogP contribution in [0.15, 0.2) is 24.3 Å². The molecule has 1 aromatic carbocycles. The molecule has 110 valence electrons. The van der Waals surface area contributed by atoms with Crippen LogP contribution in [0.3, 0.4) is 0 Å². The molecule has 0 spiro atoms. The molecule has 0 radical (unpaired) electrons. The van der Waals surface area contributed by atoms with E-state index in [4.69, 9.17) is 11.5 Å². The highest BCUT2D eigenvalue weighted by molar-refractivity contribution is 5.93. The Bertz CT molecular complexity index is 476. The van der Waals surface area contributed by atoms with Crippen molar-refractivity contribution in [3.8, 4) is 0 Å². The molecule has 2 atom stereocenters. The Morgan fingerprint density at radius 2 is 1.85 bits per heavy atom. The SMILES string of the molecule is Cl.NC(=O)Cc1ccc(NC(=O)C2CCCC2N)cc1. The second-order valence-corrected chi connectivity index (χ2v) is 5.03. The third kappa shape index (κ3) is 4.21. The minimum Gasteiger partial charge on any atom is -0.369 e. The van der Waals surface area contributed by atoms with Gasteiger partial charge < -0.3 is 16.8 Å². The molecule has 20 heavy (non-hydrogen) atoms. The number of nitrogens with two attached hydrogens (primary N) is 2. The quantitative estimate of drug-likeness (QED) is 0.779. The number of anilines is 1. The average molecular weight is 298 g/mol. The van der Waals surface area contributed by atoms with E-state index in [9.17, 15) is 9.59 Å². The monoisotopic (exact) mass is 297 g/mol. The van der Waals surface area contributed by atoms with Gasteiger partial charge in [0.05, 0.1) is 12.3 Å². The summed E-state index contributed by atoms with van der Waals surface area (Å²) in [4.78, 5) is 22.8. The number of carbonyl (C=O) groups excluding carboxylic acids is 2. The number of amides is 2. The number of benzene rings is 1. The maximum atomic E-state index is 12.0. The predicted octanol–water partition coefficient (Wildman–Crippen LogP) is 1.20. The number of nitrogens with one attached hydrogen (secondary N) is 1. The van der Waals surface area contributed by atoms with Gasteiger partial charge in [-0.1, -0.05) is 18.6 Å². The van der Waals surface area contributed by atoms with Crippen molar-refractivity contribution in [1.82, 2.24) is 0 Å². The Kier molecular flexibility index (Phi) is 5.98. The van der Waals surface area contributed by atoms with Gasteiger partial charge in [0.1, 0.15) is 0 Å². The van der Waals surface area contributed by atoms with Gasteiger partial charge in [-0.3, -0.25) is 9.59 Å². The minimum absolute atomic E-state index is 0. The lowest BCUT2D eigenvalue weighted by Crippen LogP contribution is -2.34. The van der Waals surface area contributed by atoms with Gasteiger partial charge >= 0.3 is 0 Å². The smallest absolute Gasteiger partial charge is 0.229 e. The third-order valence-electron chi connectivity index (χ3n) is 3.51. The molecular formula is C14H20ClN3O2. The van der Waals surface area contributed by atoms with Crippen LogP contribution < -0.4 is 16.8 Å². The van der Waals surface area contributed by atoms with E-state index in [1.54, 1.807) is 24.3 Å². The van der Waals surface area contributed by atoms with Crippen molar-refractivity contribution in [1.29, 1.82) is 0 Å². The number of rotatable bonds is 4. The summed E-state index contributed by atoms with van der Waals surface area (Å²) in [5.41, 5.74) is 12.6. The summed E-state index contributed by atoms with van der Waals surface area (Å²) in [6.45, 7) is 0. The van der Waals surface area contributed by atoms with Gasteiger partial charge in [0.15, 0.2) is 0 Å². The maximum Gasteiger partial charge on any atom is 0.229 e. The Morgan fingerprint density at radius 1 is 1.20 bits per heavy atom. The molecule has 2 unspecified atom stereocenters. The van der Waals surface area contributed by atoms with Gasteiger partial charge in [-0.2, -0.15) is 0 Å². The zero-order valence-corrected chi connectivity index (χ0v) is 12.0. The molecule has 0 saturated heterocycles. The van der Waals surface area contributed by atoms with Crippen LogP contribution in [-0.2, 0) is 16.0 Å². The molecule has 0 aromatic heterocycles. The van der Waals surface area contributed by atoms with E-state index >= 15 is 0 Å². The van der Waals surface area contributed by atoms with Gasteiger partial charge in [0.25, 0.3) is 0 Å². The number of carbonyl (C=O) groups is 2. The topological polar surface area (TPSA) is 98.2 Å². The summed E-state index contributed by atoms with van der Waals surface area (Å²) in [7, 11) is 0. The first-order chi connectivity index (χ1) is 9.06. The van der Waals surface area contributed by atoms with Crippen molar-refractivity contribution in [2.45, 2.75) is 31.7 Å². The molecule has 0 heterocycles. The molecule has 1 aliphatic carbocycles. The van der Waals surface area contributed by atoms with E-state index in [0.717, 1.165) is 30.5 Å². The summed E-state index contributed by atoms with van der Waals surface area (Å²) < 4.78 is 0. The van der Waals surface area contributed by atoms with Crippen LogP contribution >= 0.6 is 12.4 Å². The summed E-state index contributed by atoms with van der Waals surface area (Å²) in [6.07, 6.45) is 2.99. The molecule has 2 amide bonds. The standard InChI is InChI=1S/C14H19N3O2.ClH/c15-12-3-1-2-11(12)14(19)17-10-6-4-9(5-7-10)8-13(16)18;/h4-7,11-12H,1-3,8,15H2,(H2,16,18)(H,17,19);1H. The molecule has 5 N–H and O–H groups in total. The van der Waals surface area contributed by atoms with Gasteiger partial charge in [0.2, 0.25) is 11.8 Å². The second kappa shape index (κ2) is 7.26. The van der Waals surface area contributed by atoms with Crippen molar-refractivity contribution in [3.63, 3.8) is 0 Å². The molecule has 1 aliphatic rings. The van der Waals surface area contributed by atoms with Crippen LogP contribution in [0, 0.1) is 5.92 Å². The number of primary amides is 1. The fraction of sp³-hybridized carbons (Fsp3) is 0.429. The molecule has 1 aromatic rings. The molecular weight excluding hydrogens is 278 g/mol. The number of hydrogen-bond donors (Lipinski definition) is 3. The molecule has 5 nitrogen and oxygen atoms in total. The fourth-order valence-electron chi connectivity index (χ4n) is 2.46. The molecule has 0 aliphatic heterocycles. The van der Waals surface area contributed by atoms with Crippen LogP contribution in [-0.4, -0.2) is 17.9 Å². The van der Waals surface area contributed by atoms with Crippen LogP contribution in [0.5, 0.6) is 0 Å². The lowest BCUT2D eigenvalue weighted by atomic mass is 10.0. The van der Waals surface area contributed by atoms with Crippen LogP contribution in [0.1, 0.15) is 24.8 Å². The van der Waals surface area contributed by atoms with Crippen molar-refractivity contribution < 1.29 is 9.59 Å². The molecule has 1 saturated carbocycles. The summed E-state index contributed by atoms with van der Waals surface area (Å²) in [5, 5.41) is 2.86. The lowest BCUT2D eigenvalue weighted by molar-refractivity contribution is -0.120. The zero-order chi connectivity index (χ0) is 13.8. The number of hydrogen-bond acceptors (Lipinski definition) is 3. The molecule has 1 fully saturated rings. The van der Waals surface area contributed by atoms with Crippen LogP contribution in [0.4, 0.5) is 5.69 Å². The number of halogens is 1. The minimum atomic E-state index is -0.367. The third-order valence-corrected chi connectivity index (χ3v) is 3.51. The summed E-state index contributed by atoms with van der Waals surface area (Å²) in [6, 6.07) is 7.09. The van der Waals surface area contributed by atoms with Gasteiger partial charge in [-0.05, 0) is 30.5 Å². The van der Waals surface area contributed by atoms with E-state index in [1.165, 1.54) is 0 Å². The zero-order valence-electron chi connectivity index (χ0n) is 11.2. The summed E-state index contributed by atoms with van der Waals surface area (Å²) >= 11 is 0. The van der Waals surface area contributed by atoms with Crippen LogP contribution in [0.25, 0.3) is 0 Å². The highest BCUT2D eigenvalue weighted by Crippen LogP contribution is 2.25. The first-order valence-electron chi connectivity index (χ1n) is 6.50. The van der Waals surface area contributed by atoms with E-state index in [2.05, 4.69) is 5.32 Å². The van der Waals surface area contributed by atoms with E-state index in [1.807, 2.05) is 0 Å². The lowest BCUT2D eigenvalue weighted by Gasteiger charge is -2.15. The highest BCUT2D eigenvalue weighted by Gasteiger charge is 2.30. The Hall–Kier alpha value is -1.59. The highest BCUT2D eigenvalue weighted by atomic mass is 35.5. The van der Waals surface area contributed by atoms with Gasteiger partial charge in [-0.15, -0.1) is 12.4 Å². The van der Waals surface area contributed by atoms with Gasteiger partial charge in [-0.25, -0.2) is 0 Å². The molecule has 6 heteroatoms. The fourth-order valence-corrected chi connectivity index (χ4v) is 2.46. The Labute approximate surface area is 124 Å². The Morgan fingerprint density at radius 3 is 2.35 bits per heavy atom. The maximum absolute atomic E-state index is 12.0. The van der Waals surface area contributed by atoms with E-state index < -0.39 is 0 Å². The van der Waals surface area contributed by atoms with E-state index in [-0.39, 0.29) is 42.6 Å². The molecule has 0 bridgehead atoms. The van der Waals surface area contributed by atoms with Crippen LogP contribution in [0.2, 0.25) is 0 Å². The average Bonchev–Trinajstić information content (AvgIpc) is 2.77. The van der Waals surface area contributed by atoms with Crippen molar-refractivity contribution in [2.75, 3.05) is 5.32 Å². The Balaban J connectivity index is 0.00000200. The largest absolute Gasteiger partial charge is 0.369 e. The summed E-state index contributed by atoms with van der Waals surface area (Å²) in [5.74, 6) is -0.480.